The molecule has 0 radical (unpaired) electrons. The number of likely N-dealkylation sites (N-methyl/N-ethyl adjacent to an activating group) is 1. The van der Waals surface area contributed by atoms with Gasteiger partial charge in [0.2, 0.25) is 5.91 Å². The Morgan fingerprint density at radius 2 is 1.86 bits per heavy atom. The van der Waals surface area contributed by atoms with Gasteiger partial charge >= 0.3 is 0 Å². The van der Waals surface area contributed by atoms with Crippen molar-refractivity contribution in [2.24, 2.45) is 0 Å². The summed E-state index contributed by atoms with van der Waals surface area (Å²) in [5.41, 5.74) is 2.55. The molecule has 1 saturated heterocycles. The molecule has 1 aliphatic rings. The van der Waals surface area contributed by atoms with Gasteiger partial charge in [-0.25, -0.2) is 0 Å². The number of hydrogen-bond donors (Lipinski definition) is 1. The lowest BCUT2D eigenvalue weighted by Gasteiger charge is -2.44. The molecule has 2 unspecified atom stereocenters. The van der Waals surface area contributed by atoms with Crippen molar-refractivity contribution in [1.29, 1.82) is 0 Å². The molecule has 158 valence electrons. The number of fused-ring (bicyclic) bond motifs is 1. The number of nitrogens with zero attached hydrogens (tertiary/aromatic N) is 3. The minimum atomic E-state index is -0.0915. The largest absolute Gasteiger partial charge is 0.340 e. The zero-order chi connectivity index (χ0) is 21.1. The number of carbonyl (C=O) groups excluding carboxylic acids is 1. The van der Waals surface area contributed by atoms with E-state index in [-0.39, 0.29) is 11.5 Å². The van der Waals surface area contributed by atoms with Gasteiger partial charge < -0.3 is 14.8 Å². The predicted molar refractivity (Wildman–Crippen MR) is 118 cm³/mol. The summed E-state index contributed by atoms with van der Waals surface area (Å²) >= 11 is 0. The summed E-state index contributed by atoms with van der Waals surface area (Å²) in [4.78, 5) is 34.9. The zero-order valence-corrected chi connectivity index (χ0v) is 18.4. The maximum absolute atomic E-state index is 12.8. The van der Waals surface area contributed by atoms with Gasteiger partial charge in [-0.2, -0.15) is 0 Å². The van der Waals surface area contributed by atoms with Crippen LogP contribution in [0.5, 0.6) is 0 Å². The van der Waals surface area contributed by atoms with E-state index in [2.05, 4.69) is 42.7 Å². The van der Waals surface area contributed by atoms with Crippen LogP contribution in [0.3, 0.4) is 0 Å². The lowest BCUT2D eigenvalue weighted by Crippen LogP contribution is -2.59. The lowest BCUT2D eigenvalue weighted by molar-refractivity contribution is -0.135. The van der Waals surface area contributed by atoms with E-state index in [4.69, 9.17) is 0 Å². The highest BCUT2D eigenvalue weighted by Gasteiger charge is 2.31. The van der Waals surface area contributed by atoms with Gasteiger partial charge in [0.1, 0.15) is 0 Å². The van der Waals surface area contributed by atoms with E-state index in [0.717, 1.165) is 42.6 Å². The molecule has 2 aromatic rings. The number of amides is 1. The second-order valence-corrected chi connectivity index (χ2v) is 8.75. The fourth-order valence-electron chi connectivity index (χ4n) is 4.26. The highest BCUT2D eigenvalue weighted by molar-refractivity contribution is 5.80. The van der Waals surface area contributed by atoms with Crippen LogP contribution in [0.25, 0.3) is 10.9 Å². The molecular weight excluding hydrogens is 364 g/mol. The Bertz CT molecular complexity index is 909. The van der Waals surface area contributed by atoms with Crippen LogP contribution in [0.1, 0.15) is 31.4 Å². The van der Waals surface area contributed by atoms with Crippen LogP contribution < -0.4 is 5.56 Å². The molecule has 29 heavy (non-hydrogen) atoms. The highest BCUT2D eigenvalue weighted by Crippen LogP contribution is 2.18. The molecule has 1 aliphatic heterocycles. The van der Waals surface area contributed by atoms with Gasteiger partial charge in [0.05, 0.1) is 0 Å². The van der Waals surface area contributed by atoms with Crippen molar-refractivity contribution in [1.82, 2.24) is 19.7 Å². The third-order valence-corrected chi connectivity index (χ3v) is 5.95. The fraction of sp³-hybridized carbons (Fsp3) is 0.565. The molecule has 0 bridgehead atoms. The highest BCUT2D eigenvalue weighted by atomic mass is 16.2. The Balaban J connectivity index is 1.61. The van der Waals surface area contributed by atoms with E-state index in [0.29, 0.717) is 30.5 Å². The first kappa shape index (κ1) is 21.5. The summed E-state index contributed by atoms with van der Waals surface area (Å²) in [6.45, 7) is 9.94. The first-order chi connectivity index (χ1) is 13.7. The van der Waals surface area contributed by atoms with Gasteiger partial charge in [0.25, 0.3) is 5.56 Å². The molecule has 1 aromatic carbocycles. The van der Waals surface area contributed by atoms with Gasteiger partial charge in [0.15, 0.2) is 0 Å². The number of rotatable bonds is 6. The molecule has 2 atom stereocenters. The number of aromatic amines is 1. The van der Waals surface area contributed by atoms with Gasteiger partial charge in [-0.3, -0.25) is 14.5 Å². The summed E-state index contributed by atoms with van der Waals surface area (Å²) in [6, 6.07) is 8.64. The van der Waals surface area contributed by atoms with Crippen molar-refractivity contribution >= 4 is 16.8 Å². The zero-order valence-electron chi connectivity index (χ0n) is 18.4. The van der Waals surface area contributed by atoms with Crippen LogP contribution in [0.15, 0.2) is 29.1 Å². The molecule has 2 heterocycles. The summed E-state index contributed by atoms with van der Waals surface area (Å²) in [5.74, 6) is 0.138. The molecule has 0 saturated carbocycles. The number of nitrogens with one attached hydrogen (secondary N) is 1. The number of carbonyl (C=O) groups is 1. The van der Waals surface area contributed by atoms with Crippen LogP contribution in [0, 0.1) is 6.92 Å². The topological polar surface area (TPSA) is 59.7 Å². The summed E-state index contributed by atoms with van der Waals surface area (Å²) in [6.07, 6.45) is 0.846. The number of pyridine rings is 1. The average Bonchev–Trinajstić information content (AvgIpc) is 2.65. The van der Waals surface area contributed by atoms with Gasteiger partial charge in [-0.05, 0) is 64.4 Å². The molecular formula is C23H34N4O2. The molecule has 0 aliphatic carbocycles. The molecule has 1 fully saturated rings. The molecule has 1 N–H and O–H groups in total. The minimum absolute atomic E-state index is 0.0915. The number of H-pyrrole nitrogens is 1. The summed E-state index contributed by atoms with van der Waals surface area (Å²) in [7, 11) is 4.18. The normalized spacial score (nSPS) is 20.6. The molecule has 3 rings (SSSR count). The number of aryl methyl sites for hydroxylation is 2. The van der Waals surface area contributed by atoms with E-state index in [1.165, 1.54) is 0 Å². The first-order valence-corrected chi connectivity index (χ1v) is 10.6. The number of piperazine rings is 1. The van der Waals surface area contributed by atoms with E-state index >= 15 is 0 Å². The lowest BCUT2D eigenvalue weighted by atomic mass is 10.0. The van der Waals surface area contributed by atoms with Gasteiger partial charge in [-0.1, -0.05) is 12.1 Å². The molecule has 1 amide bonds. The summed E-state index contributed by atoms with van der Waals surface area (Å²) in [5, 5.41) is 1.01. The Kier molecular flexibility index (Phi) is 6.75. The van der Waals surface area contributed by atoms with Crippen molar-refractivity contribution < 1.29 is 4.79 Å². The van der Waals surface area contributed by atoms with Crippen LogP contribution in [-0.2, 0) is 11.2 Å². The third-order valence-electron chi connectivity index (χ3n) is 5.95. The second-order valence-electron chi connectivity index (χ2n) is 8.75. The van der Waals surface area contributed by atoms with Crippen molar-refractivity contribution in [2.45, 2.75) is 45.7 Å². The monoisotopic (exact) mass is 398 g/mol. The summed E-state index contributed by atoms with van der Waals surface area (Å²) < 4.78 is 0. The van der Waals surface area contributed by atoms with E-state index < -0.39 is 0 Å². The molecule has 0 spiro atoms. The third kappa shape index (κ3) is 5.25. The van der Waals surface area contributed by atoms with Crippen molar-refractivity contribution in [3.05, 3.63) is 45.7 Å². The Morgan fingerprint density at radius 1 is 1.17 bits per heavy atom. The van der Waals surface area contributed by atoms with E-state index in [9.17, 15) is 9.59 Å². The van der Waals surface area contributed by atoms with Crippen LogP contribution in [-0.4, -0.2) is 77.9 Å². The minimum Gasteiger partial charge on any atom is -0.340 e. The first-order valence-electron chi connectivity index (χ1n) is 10.6. The van der Waals surface area contributed by atoms with Crippen molar-refractivity contribution in [3.63, 3.8) is 0 Å². The maximum atomic E-state index is 12.8. The van der Waals surface area contributed by atoms with E-state index in [1.807, 2.05) is 36.1 Å². The smallest absolute Gasteiger partial charge is 0.251 e. The van der Waals surface area contributed by atoms with Crippen molar-refractivity contribution in [3.8, 4) is 0 Å². The SMILES string of the molecule is Cc1ccc2cc(CCC(=O)N3CC(C)N(CCN(C)C)C(C)C3)c(=O)[nH]c2c1. The molecule has 6 nitrogen and oxygen atoms in total. The van der Waals surface area contributed by atoms with Crippen LogP contribution in [0.2, 0.25) is 0 Å². The number of aromatic nitrogens is 1. The molecule has 1 aromatic heterocycles. The predicted octanol–water partition coefficient (Wildman–Crippen LogP) is 2.25. The maximum Gasteiger partial charge on any atom is 0.251 e. The van der Waals surface area contributed by atoms with E-state index in [1.54, 1.807) is 0 Å². The number of benzene rings is 1. The Morgan fingerprint density at radius 3 is 2.52 bits per heavy atom. The quantitative estimate of drug-likeness (QED) is 0.811. The average molecular weight is 399 g/mol. The molecule has 6 heteroatoms. The van der Waals surface area contributed by atoms with Gasteiger partial charge in [0, 0.05) is 55.8 Å². The Labute approximate surface area is 173 Å². The van der Waals surface area contributed by atoms with Crippen LogP contribution >= 0.6 is 0 Å². The standard InChI is InChI=1S/C23H34N4O2/c1-16-6-7-19-13-20(23(29)24-21(19)12-16)8-9-22(28)26-14-17(2)27(18(3)15-26)11-10-25(4)5/h6-7,12-13,17-18H,8-11,14-15H2,1-5H3,(H,24,29). The van der Waals surface area contributed by atoms with Crippen molar-refractivity contribution in [2.75, 3.05) is 40.3 Å². The second kappa shape index (κ2) is 9.09. The fourth-order valence-corrected chi connectivity index (χ4v) is 4.26. The Hall–Kier alpha value is -2.18. The van der Waals surface area contributed by atoms with Gasteiger partial charge in [-0.15, -0.1) is 0 Å². The van der Waals surface area contributed by atoms with Crippen LogP contribution in [0.4, 0.5) is 0 Å². The number of hydrogen-bond acceptors (Lipinski definition) is 4.